The second kappa shape index (κ2) is 8.27. The number of nitrogens with zero attached hydrogens (tertiary/aromatic N) is 3. The van der Waals surface area contributed by atoms with Crippen LogP contribution in [0, 0.1) is 0 Å². The summed E-state index contributed by atoms with van der Waals surface area (Å²) < 4.78 is 7.26. The van der Waals surface area contributed by atoms with Crippen LogP contribution in [0.1, 0.15) is 21.9 Å². The maximum Gasteiger partial charge on any atom is 0.273 e. The maximum absolute atomic E-state index is 12.8. The fraction of sp³-hybridized carbons (Fsp3) is 0.273. The molecule has 6 heteroatoms. The fourth-order valence-electron chi connectivity index (χ4n) is 3.55. The summed E-state index contributed by atoms with van der Waals surface area (Å²) in [4.78, 5) is 19.7. The lowest BCUT2D eigenvalue weighted by Gasteiger charge is -2.19. The molecule has 2 aromatic carbocycles. The lowest BCUT2D eigenvalue weighted by atomic mass is 10.2. The van der Waals surface area contributed by atoms with Gasteiger partial charge >= 0.3 is 0 Å². The van der Waals surface area contributed by atoms with E-state index in [4.69, 9.17) is 4.74 Å². The first-order valence-corrected chi connectivity index (χ1v) is 9.49. The Morgan fingerprint density at radius 1 is 1.11 bits per heavy atom. The number of hydrogen-bond donors (Lipinski definition) is 1. The standard InChI is InChI=1S/C22H24N4O2/c1-28-19-9-5-8-18(14-19)24-22(27)20-15-23-21-10-11-25(12-13-26(20)21)16-17-6-3-2-4-7-17/h2-9,14-15H,10-13,16H2,1H3,(H,24,27). The Balaban J connectivity index is 1.45. The molecule has 1 aliphatic rings. The number of amides is 1. The molecule has 1 amide bonds. The van der Waals surface area contributed by atoms with E-state index in [1.165, 1.54) is 5.56 Å². The van der Waals surface area contributed by atoms with Gasteiger partial charge in [-0.05, 0) is 17.7 Å². The molecule has 0 spiro atoms. The van der Waals surface area contributed by atoms with Gasteiger partial charge in [0.2, 0.25) is 0 Å². The predicted molar refractivity (Wildman–Crippen MR) is 109 cm³/mol. The molecule has 0 aliphatic carbocycles. The predicted octanol–water partition coefficient (Wildman–Crippen LogP) is 3.20. The summed E-state index contributed by atoms with van der Waals surface area (Å²) in [6.07, 6.45) is 2.51. The molecule has 1 aromatic heterocycles. The van der Waals surface area contributed by atoms with Gasteiger partial charge in [0.1, 0.15) is 17.3 Å². The Hall–Kier alpha value is -3.12. The van der Waals surface area contributed by atoms with Gasteiger partial charge in [-0.2, -0.15) is 0 Å². The molecule has 0 saturated carbocycles. The van der Waals surface area contributed by atoms with Crippen LogP contribution in [-0.2, 0) is 19.5 Å². The third kappa shape index (κ3) is 4.07. The molecule has 6 nitrogen and oxygen atoms in total. The largest absolute Gasteiger partial charge is 0.497 e. The zero-order valence-electron chi connectivity index (χ0n) is 16.0. The number of rotatable bonds is 5. The number of imidazole rings is 1. The van der Waals surface area contributed by atoms with E-state index in [1.54, 1.807) is 19.4 Å². The van der Waals surface area contributed by atoms with Gasteiger partial charge in [-0.3, -0.25) is 9.69 Å². The number of fused-ring (bicyclic) bond motifs is 1. The van der Waals surface area contributed by atoms with Crippen LogP contribution in [0.5, 0.6) is 5.75 Å². The number of methoxy groups -OCH3 is 1. The molecule has 0 saturated heterocycles. The van der Waals surface area contributed by atoms with Crippen LogP contribution in [0.3, 0.4) is 0 Å². The normalized spacial score (nSPS) is 14.2. The number of benzene rings is 2. The highest BCUT2D eigenvalue weighted by atomic mass is 16.5. The third-order valence-electron chi connectivity index (χ3n) is 5.04. The van der Waals surface area contributed by atoms with Crippen molar-refractivity contribution in [3.8, 4) is 5.75 Å². The number of carbonyl (C=O) groups is 1. The summed E-state index contributed by atoms with van der Waals surface area (Å²) in [6, 6.07) is 17.8. The van der Waals surface area contributed by atoms with Crippen LogP contribution in [-0.4, -0.2) is 40.6 Å². The molecule has 0 fully saturated rings. The van der Waals surface area contributed by atoms with Gasteiger partial charge in [0.05, 0.1) is 13.3 Å². The van der Waals surface area contributed by atoms with Crippen molar-refractivity contribution in [3.63, 3.8) is 0 Å². The zero-order valence-corrected chi connectivity index (χ0v) is 16.0. The van der Waals surface area contributed by atoms with Gasteiger partial charge < -0.3 is 14.6 Å². The number of anilines is 1. The summed E-state index contributed by atoms with van der Waals surface area (Å²) in [5, 5.41) is 2.95. The molecule has 2 heterocycles. The summed E-state index contributed by atoms with van der Waals surface area (Å²) in [7, 11) is 1.61. The monoisotopic (exact) mass is 376 g/mol. The van der Waals surface area contributed by atoms with E-state index >= 15 is 0 Å². The van der Waals surface area contributed by atoms with Gasteiger partial charge in [-0.15, -0.1) is 0 Å². The molecule has 0 unspecified atom stereocenters. The number of carbonyl (C=O) groups excluding carboxylic acids is 1. The van der Waals surface area contributed by atoms with Crippen molar-refractivity contribution in [2.24, 2.45) is 0 Å². The summed E-state index contributed by atoms with van der Waals surface area (Å²) in [5.74, 6) is 1.52. The smallest absolute Gasteiger partial charge is 0.273 e. The highest BCUT2D eigenvalue weighted by Gasteiger charge is 2.21. The van der Waals surface area contributed by atoms with Crippen LogP contribution in [0.25, 0.3) is 0 Å². The van der Waals surface area contributed by atoms with Gasteiger partial charge in [0, 0.05) is 44.4 Å². The van der Waals surface area contributed by atoms with Crippen molar-refractivity contribution in [2.75, 3.05) is 25.5 Å². The van der Waals surface area contributed by atoms with E-state index in [9.17, 15) is 4.79 Å². The molecule has 3 aromatic rings. The second-order valence-electron chi connectivity index (χ2n) is 6.91. The van der Waals surface area contributed by atoms with Crippen LogP contribution in [0.2, 0.25) is 0 Å². The lowest BCUT2D eigenvalue weighted by molar-refractivity contribution is 0.101. The van der Waals surface area contributed by atoms with E-state index in [-0.39, 0.29) is 5.91 Å². The van der Waals surface area contributed by atoms with Crippen molar-refractivity contribution < 1.29 is 9.53 Å². The summed E-state index contributed by atoms with van der Waals surface area (Å²) >= 11 is 0. The molecule has 1 N–H and O–H groups in total. The van der Waals surface area contributed by atoms with Crippen LogP contribution < -0.4 is 10.1 Å². The Labute approximate surface area is 164 Å². The number of ether oxygens (including phenoxy) is 1. The van der Waals surface area contributed by atoms with E-state index in [0.29, 0.717) is 17.1 Å². The molecular formula is C22H24N4O2. The highest BCUT2D eigenvalue weighted by molar-refractivity contribution is 6.03. The van der Waals surface area contributed by atoms with Crippen molar-refractivity contribution in [2.45, 2.75) is 19.5 Å². The first-order chi connectivity index (χ1) is 13.7. The first-order valence-electron chi connectivity index (χ1n) is 9.49. The maximum atomic E-state index is 12.8. The molecule has 28 heavy (non-hydrogen) atoms. The van der Waals surface area contributed by atoms with Crippen molar-refractivity contribution in [1.82, 2.24) is 14.5 Å². The van der Waals surface area contributed by atoms with Crippen LogP contribution in [0.4, 0.5) is 5.69 Å². The van der Waals surface area contributed by atoms with Gasteiger partial charge in [0.15, 0.2) is 0 Å². The minimum atomic E-state index is -0.150. The summed E-state index contributed by atoms with van der Waals surface area (Å²) in [6.45, 7) is 3.49. The second-order valence-corrected chi connectivity index (χ2v) is 6.91. The minimum absolute atomic E-state index is 0.150. The molecule has 0 bridgehead atoms. The quantitative estimate of drug-likeness (QED) is 0.743. The Kier molecular flexibility index (Phi) is 5.39. The molecule has 4 rings (SSSR count). The average Bonchev–Trinajstić information content (AvgIpc) is 3.04. The highest BCUT2D eigenvalue weighted by Crippen LogP contribution is 2.19. The average molecular weight is 376 g/mol. The Morgan fingerprint density at radius 3 is 2.79 bits per heavy atom. The molecule has 0 atom stereocenters. The van der Waals surface area contributed by atoms with Crippen LogP contribution >= 0.6 is 0 Å². The first kappa shape index (κ1) is 18.3. The Morgan fingerprint density at radius 2 is 1.96 bits per heavy atom. The molecule has 0 radical (unpaired) electrons. The van der Waals surface area contributed by atoms with E-state index < -0.39 is 0 Å². The minimum Gasteiger partial charge on any atom is -0.497 e. The fourth-order valence-corrected chi connectivity index (χ4v) is 3.55. The van der Waals surface area contributed by atoms with E-state index in [1.807, 2.05) is 28.8 Å². The van der Waals surface area contributed by atoms with E-state index in [2.05, 4.69) is 39.5 Å². The number of aromatic nitrogens is 2. The topological polar surface area (TPSA) is 59.4 Å². The molecule has 1 aliphatic heterocycles. The van der Waals surface area contributed by atoms with Gasteiger partial charge in [-0.1, -0.05) is 36.4 Å². The summed E-state index contributed by atoms with van der Waals surface area (Å²) in [5.41, 5.74) is 2.61. The zero-order chi connectivity index (χ0) is 19.3. The van der Waals surface area contributed by atoms with Crippen molar-refractivity contribution in [1.29, 1.82) is 0 Å². The molecule has 144 valence electrons. The van der Waals surface area contributed by atoms with Gasteiger partial charge in [0.25, 0.3) is 5.91 Å². The van der Waals surface area contributed by atoms with Crippen molar-refractivity contribution >= 4 is 11.6 Å². The number of hydrogen-bond acceptors (Lipinski definition) is 4. The van der Waals surface area contributed by atoms with Gasteiger partial charge in [-0.25, -0.2) is 4.98 Å². The SMILES string of the molecule is COc1cccc(NC(=O)c2cnc3n2CCN(Cc2ccccc2)CC3)c1. The van der Waals surface area contributed by atoms with Crippen LogP contribution in [0.15, 0.2) is 60.8 Å². The number of nitrogens with one attached hydrogen (secondary N) is 1. The van der Waals surface area contributed by atoms with E-state index in [0.717, 1.165) is 38.4 Å². The molecular weight excluding hydrogens is 352 g/mol. The Bertz CT molecular complexity index is 952. The van der Waals surface area contributed by atoms with Crippen molar-refractivity contribution in [3.05, 3.63) is 77.9 Å². The third-order valence-corrected chi connectivity index (χ3v) is 5.04. The lowest BCUT2D eigenvalue weighted by Crippen LogP contribution is -2.27.